The zero-order valence-electron chi connectivity index (χ0n) is 5.66. The Balaban J connectivity index is 2.38. The van der Waals surface area contributed by atoms with Crippen molar-refractivity contribution in [1.29, 1.82) is 0 Å². The Bertz CT molecular complexity index is 113. The van der Waals surface area contributed by atoms with Gasteiger partial charge in [0.25, 0.3) is 0 Å². The van der Waals surface area contributed by atoms with Crippen molar-refractivity contribution in [3.8, 4) is 0 Å². The average molecular weight is 132 g/mol. The first-order valence-electron chi connectivity index (χ1n) is 3.07. The number of aliphatic hydroxyl groups excluding tert-OH is 2. The summed E-state index contributed by atoms with van der Waals surface area (Å²) in [6.07, 6.45) is -0.635. The molecule has 3 unspecified atom stereocenters. The van der Waals surface area contributed by atoms with Crippen molar-refractivity contribution in [2.24, 2.45) is 0 Å². The van der Waals surface area contributed by atoms with Crippen LogP contribution in [0, 0.1) is 0 Å². The Labute approximate surface area is 54.3 Å². The predicted octanol–water partition coefficient (Wildman–Crippen LogP) is -0.483. The van der Waals surface area contributed by atoms with Crippen LogP contribution in [0.15, 0.2) is 0 Å². The van der Waals surface area contributed by atoms with E-state index in [0.717, 1.165) is 0 Å². The van der Waals surface area contributed by atoms with Crippen molar-refractivity contribution in [3.63, 3.8) is 0 Å². The molecule has 0 aromatic carbocycles. The first-order valence-corrected chi connectivity index (χ1v) is 3.07. The van der Waals surface area contributed by atoms with Gasteiger partial charge in [-0.2, -0.15) is 0 Å². The molecule has 0 aromatic heterocycles. The van der Waals surface area contributed by atoms with E-state index in [4.69, 9.17) is 14.9 Å². The first-order chi connectivity index (χ1) is 4.10. The summed E-state index contributed by atoms with van der Waals surface area (Å²) in [5.41, 5.74) is -0.464. The lowest BCUT2D eigenvalue weighted by molar-refractivity contribution is 0.150. The molecule has 1 heterocycles. The van der Waals surface area contributed by atoms with Crippen LogP contribution >= 0.6 is 0 Å². The van der Waals surface area contributed by atoms with Crippen LogP contribution in [0.3, 0.4) is 0 Å². The van der Waals surface area contributed by atoms with Crippen molar-refractivity contribution < 1.29 is 14.9 Å². The zero-order chi connectivity index (χ0) is 7.07. The molecule has 3 nitrogen and oxygen atoms in total. The Morgan fingerprint density at radius 1 is 1.78 bits per heavy atom. The zero-order valence-corrected chi connectivity index (χ0v) is 5.66. The molecule has 0 saturated carbocycles. The molecule has 0 spiro atoms. The van der Waals surface area contributed by atoms with E-state index in [1.165, 1.54) is 0 Å². The minimum atomic E-state index is -0.470. The summed E-state index contributed by atoms with van der Waals surface area (Å²) in [5.74, 6) is 0. The molecule has 54 valence electrons. The summed E-state index contributed by atoms with van der Waals surface area (Å²) in [4.78, 5) is 0. The lowest BCUT2D eigenvalue weighted by Crippen LogP contribution is -2.22. The summed E-state index contributed by atoms with van der Waals surface area (Å²) < 4.78 is 5.02. The third-order valence-corrected chi connectivity index (χ3v) is 1.69. The number of rotatable bonds is 2. The van der Waals surface area contributed by atoms with Gasteiger partial charge in [0.1, 0.15) is 11.7 Å². The first kappa shape index (κ1) is 6.99. The fourth-order valence-corrected chi connectivity index (χ4v) is 0.992. The molecule has 3 heteroatoms. The Morgan fingerprint density at radius 2 is 2.33 bits per heavy atom. The predicted molar refractivity (Wildman–Crippen MR) is 32.0 cm³/mol. The van der Waals surface area contributed by atoms with Crippen molar-refractivity contribution in [2.45, 2.75) is 31.7 Å². The molecule has 1 aliphatic rings. The van der Waals surface area contributed by atoms with Gasteiger partial charge in [0, 0.05) is 0 Å². The van der Waals surface area contributed by atoms with Gasteiger partial charge < -0.3 is 14.9 Å². The SMILES string of the molecule is CC(O)C1OC1(C)CO. The molecule has 1 aliphatic heterocycles. The maximum absolute atomic E-state index is 8.92. The summed E-state index contributed by atoms with van der Waals surface area (Å²) in [6.45, 7) is 3.43. The minimum absolute atomic E-state index is 0.0113. The molecular weight excluding hydrogens is 120 g/mol. The maximum Gasteiger partial charge on any atom is 0.118 e. The molecule has 0 amide bonds. The standard InChI is InChI=1S/C6H12O3/c1-4(8)5-6(2,3-7)9-5/h4-5,7-8H,3H2,1-2H3. The van der Waals surface area contributed by atoms with Gasteiger partial charge in [-0.05, 0) is 13.8 Å². The van der Waals surface area contributed by atoms with E-state index in [0.29, 0.717) is 0 Å². The molecule has 1 fully saturated rings. The molecule has 0 radical (unpaired) electrons. The van der Waals surface area contributed by atoms with Crippen molar-refractivity contribution in [2.75, 3.05) is 6.61 Å². The molecule has 2 N–H and O–H groups in total. The largest absolute Gasteiger partial charge is 0.393 e. The minimum Gasteiger partial charge on any atom is -0.393 e. The quantitative estimate of drug-likeness (QED) is 0.499. The molecular formula is C6H12O3. The van der Waals surface area contributed by atoms with Crippen LogP contribution in [0.2, 0.25) is 0 Å². The van der Waals surface area contributed by atoms with Crippen LogP contribution in [0.5, 0.6) is 0 Å². The maximum atomic E-state index is 8.92. The molecule has 3 atom stereocenters. The Kier molecular flexibility index (Phi) is 1.50. The van der Waals surface area contributed by atoms with Gasteiger partial charge in [-0.15, -0.1) is 0 Å². The number of aliphatic hydroxyl groups is 2. The highest BCUT2D eigenvalue weighted by Gasteiger charge is 2.54. The fraction of sp³-hybridized carbons (Fsp3) is 1.00. The van der Waals surface area contributed by atoms with Gasteiger partial charge in [0.15, 0.2) is 0 Å². The normalized spacial score (nSPS) is 44.7. The molecule has 0 bridgehead atoms. The second-order valence-corrected chi connectivity index (χ2v) is 2.75. The van der Waals surface area contributed by atoms with E-state index < -0.39 is 11.7 Å². The number of ether oxygens (including phenoxy) is 1. The van der Waals surface area contributed by atoms with E-state index in [9.17, 15) is 0 Å². The van der Waals surface area contributed by atoms with E-state index in [-0.39, 0.29) is 12.7 Å². The van der Waals surface area contributed by atoms with Gasteiger partial charge in [-0.25, -0.2) is 0 Å². The van der Waals surface area contributed by atoms with E-state index in [2.05, 4.69) is 0 Å². The van der Waals surface area contributed by atoms with Gasteiger partial charge in [0.2, 0.25) is 0 Å². The lowest BCUT2D eigenvalue weighted by atomic mass is 10.1. The Hall–Kier alpha value is -0.120. The van der Waals surface area contributed by atoms with Gasteiger partial charge in [0.05, 0.1) is 12.7 Å². The van der Waals surface area contributed by atoms with E-state index >= 15 is 0 Å². The fourth-order valence-electron chi connectivity index (χ4n) is 0.992. The average Bonchev–Trinajstić information content (AvgIpc) is 2.44. The number of epoxide rings is 1. The van der Waals surface area contributed by atoms with Crippen molar-refractivity contribution in [3.05, 3.63) is 0 Å². The van der Waals surface area contributed by atoms with Crippen LogP contribution in [0.25, 0.3) is 0 Å². The Morgan fingerprint density at radius 3 is 2.44 bits per heavy atom. The van der Waals surface area contributed by atoms with Gasteiger partial charge >= 0.3 is 0 Å². The van der Waals surface area contributed by atoms with Crippen LogP contribution in [-0.4, -0.2) is 34.6 Å². The highest BCUT2D eigenvalue weighted by molar-refractivity contribution is 5.01. The van der Waals surface area contributed by atoms with Crippen LogP contribution in [0.4, 0.5) is 0 Å². The second-order valence-electron chi connectivity index (χ2n) is 2.75. The summed E-state index contributed by atoms with van der Waals surface area (Å²) in [6, 6.07) is 0. The summed E-state index contributed by atoms with van der Waals surface area (Å²) in [5, 5.41) is 17.6. The third-order valence-electron chi connectivity index (χ3n) is 1.69. The molecule has 0 aromatic rings. The van der Waals surface area contributed by atoms with Crippen LogP contribution in [0.1, 0.15) is 13.8 Å². The summed E-state index contributed by atoms with van der Waals surface area (Å²) in [7, 11) is 0. The van der Waals surface area contributed by atoms with Crippen LogP contribution < -0.4 is 0 Å². The highest BCUT2D eigenvalue weighted by Crippen LogP contribution is 2.37. The van der Waals surface area contributed by atoms with Gasteiger partial charge in [-0.1, -0.05) is 0 Å². The molecule has 0 aliphatic carbocycles. The smallest absolute Gasteiger partial charge is 0.118 e. The topological polar surface area (TPSA) is 53.0 Å². The van der Waals surface area contributed by atoms with Crippen LogP contribution in [-0.2, 0) is 4.74 Å². The third kappa shape index (κ3) is 1.08. The molecule has 1 rings (SSSR count). The van der Waals surface area contributed by atoms with Gasteiger partial charge in [-0.3, -0.25) is 0 Å². The van der Waals surface area contributed by atoms with Crippen molar-refractivity contribution in [1.82, 2.24) is 0 Å². The summed E-state index contributed by atoms with van der Waals surface area (Å²) >= 11 is 0. The van der Waals surface area contributed by atoms with Crippen molar-refractivity contribution >= 4 is 0 Å². The number of hydrogen-bond donors (Lipinski definition) is 2. The van der Waals surface area contributed by atoms with E-state index in [1.807, 2.05) is 0 Å². The second kappa shape index (κ2) is 1.94. The molecule has 9 heavy (non-hydrogen) atoms. The monoisotopic (exact) mass is 132 g/mol. The highest BCUT2D eigenvalue weighted by atomic mass is 16.6. The number of hydrogen-bond acceptors (Lipinski definition) is 3. The van der Waals surface area contributed by atoms with E-state index in [1.54, 1.807) is 13.8 Å². The lowest BCUT2D eigenvalue weighted by Gasteiger charge is -2.01. The molecule has 1 saturated heterocycles.